The highest BCUT2D eigenvalue weighted by Crippen LogP contribution is 2.32. The number of nitrogens with one attached hydrogen (secondary N) is 1. The fraction of sp³-hybridized carbons (Fsp3) is 0.167. The lowest BCUT2D eigenvalue weighted by atomic mass is 10.3. The predicted molar refractivity (Wildman–Crippen MR) is 102 cm³/mol. The topological polar surface area (TPSA) is 109 Å². The molecule has 3 rings (SSSR count). The summed E-state index contributed by atoms with van der Waals surface area (Å²) in [7, 11) is 1.56. The highest BCUT2D eigenvalue weighted by molar-refractivity contribution is 7.22. The van der Waals surface area contributed by atoms with E-state index in [-0.39, 0.29) is 5.58 Å². The van der Waals surface area contributed by atoms with Crippen LogP contribution in [0.1, 0.15) is 17.3 Å². The first-order valence-electron chi connectivity index (χ1n) is 7.98. The number of carbonyl (C=O) groups excluding carboxylic acids is 1. The fourth-order valence-electron chi connectivity index (χ4n) is 2.37. The Hall–Kier alpha value is -3.33. The largest absolute Gasteiger partial charge is 0.492 e. The van der Waals surface area contributed by atoms with Crippen LogP contribution in [0, 0.1) is 0 Å². The molecule has 0 radical (unpaired) electrons. The molecule has 0 spiro atoms. The van der Waals surface area contributed by atoms with Crippen molar-refractivity contribution in [2.75, 3.05) is 23.9 Å². The summed E-state index contributed by atoms with van der Waals surface area (Å²) in [4.78, 5) is 36.6. The van der Waals surface area contributed by atoms with Crippen LogP contribution in [0.4, 0.5) is 15.5 Å². The van der Waals surface area contributed by atoms with Gasteiger partial charge in [0.2, 0.25) is 0 Å². The van der Waals surface area contributed by atoms with Crippen molar-refractivity contribution in [3.63, 3.8) is 0 Å². The third-order valence-electron chi connectivity index (χ3n) is 3.70. The molecular weight excluding hydrogens is 372 g/mol. The van der Waals surface area contributed by atoms with Gasteiger partial charge in [-0.3, -0.25) is 4.90 Å². The number of aromatic carboxylic acids is 1. The van der Waals surface area contributed by atoms with Crippen LogP contribution in [-0.4, -0.2) is 30.8 Å². The number of hydrogen-bond donors (Lipinski definition) is 2. The smallest absolute Gasteiger partial charge is 0.351 e. The summed E-state index contributed by atoms with van der Waals surface area (Å²) in [5.74, 6) is -0.811. The quantitative estimate of drug-likeness (QED) is 0.691. The molecule has 0 aliphatic heterocycles. The maximum absolute atomic E-state index is 12.6. The second-order valence-corrected chi connectivity index (χ2v) is 6.55. The van der Waals surface area contributed by atoms with Crippen molar-refractivity contribution in [2.45, 2.75) is 6.92 Å². The van der Waals surface area contributed by atoms with E-state index in [4.69, 9.17) is 14.3 Å². The van der Waals surface area contributed by atoms with E-state index in [1.165, 1.54) is 17.0 Å². The summed E-state index contributed by atoms with van der Waals surface area (Å²) in [5, 5.41) is 12.3. The zero-order chi connectivity index (χ0) is 19.6. The minimum atomic E-state index is -1.36. The minimum Gasteiger partial charge on any atom is -0.492 e. The molecule has 0 atom stereocenters. The molecule has 2 amide bonds. The summed E-state index contributed by atoms with van der Waals surface area (Å²) in [6.07, 6.45) is 0. The summed E-state index contributed by atoms with van der Waals surface area (Å²) in [5.41, 5.74) is -0.637. The average molecular weight is 388 g/mol. The van der Waals surface area contributed by atoms with Crippen molar-refractivity contribution in [1.82, 2.24) is 0 Å². The van der Waals surface area contributed by atoms with Gasteiger partial charge in [-0.25, -0.2) is 14.4 Å². The lowest BCUT2D eigenvalue weighted by molar-refractivity contribution is 0.0692. The Bertz CT molecular complexity index is 1070. The van der Waals surface area contributed by atoms with E-state index in [0.29, 0.717) is 27.7 Å². The number of fused-ring (bicyclic) bond motifs is 1. The number of nitrogens with zero attached hydrogens (tertiary/aromatic N) is 1. The van der Waals surface area contributed by atoms with Crippen molar-refractivity contribution >= 4 is 44.3 Å². The second-order valence-electron chi connectivity index (χ2n) is 5.48. The molecule has 1 aromatic carbocycles. The standard InChI is InChI=1S/C18H16N2O6S/c1-3-25-12-7-5-4-6-11(12)19-18(24)20(2)15-9-13-14(27-15)8-10(16(21)22)17(23)26-13/h4-9H,3H2,1-2H3,(H,19,24)(H,21,22). The van der Waals surface area contributed by atoms with Crippen molar-refractivity contribution in [1.29, 1.82) is 0 Å². The minimum absolute atomic E-state index is 0.222. The number of urea groups is 1. The zero-order valence-corrected chi connectivity index (χ0v) is 15.3. The summed E-state index contributed by atoms with van der Waals surface area (Å²) in [6.45, 7) is 2.31. The van der Waals surface area contributed by atoms with Crippen LogP contribution in [-0.2, 0) is 0 Å². The molecule has 2 aromatic heterocycles. The summed E-state index contributed by atoms with van der Waals surface area (Å²) in [6, 6.07) is 9.39. The van der Waals surface area contributed by atoms with E-state index >= 15 is 0 Å². The Balaban J connectivity index is 1.87. The van der Waals surface area contributed by atoms with Crippen molar-refractivity contribution in [3.8, 4) is 5.75 Å². The Morgan fingerprint density at radius 3 is 2.74 bits per heavy atom. The monoisotopic (exact) mass is 388 g/mol. The number of para-hydroxylation sites is 2. The molecular formula is C18H16N2O6S. The van der Waals surface area contributed by atoms with Crippen LogP contribution in [0.25, 0.3) is 10.3 Å². The predicted octanol–water partition coefficient (Wildman–Crippen LogP) is 3.62. The van der Waals surface area contributed by atoms with Crippen LogP contribution in [0.3, 0.4) is 0 Å². The first-order valence-corrected chi connectivity index (χ1v) is 8.80. The van der Waals surface area contributed by atoms with Gasteiger partial charge in [-0.2, -0.15) is 0 Å². The number of carbonyl (C=O) groups is 2. The number of rotatable bonds is 5. The van der Waals surface area contributed by atoms with Gasteiger partial charge in [0.1, 0.15) is 16.3 Å². The molecule has 140 valence electrons. The lowest BCUT2D eigenvalue weighted by Crippen LogP contribution is -2.30. The van der Waals surface area contributed by atoms with Crippen LogP contribution in [0.2, 0.25) is 0 Å². The molecule has 2 N–H and O–H groups in total. The van der Waals surface area contributed by atoms with E-state index in [1.54, 1.807) is 31.3 Å². The Kier molecular flexibility index (Phi) is 5.13. The van der Waals surface area contributed by atoms with Gasteiger partial charge >= 0.3 is 17.6 Å². The summed E-state index contributed by atoms with van der Waals surface area (Å²) >= 11 is 1.14. The lowest BCUT2D eigenvalue weighted by Gasteiger charge is -2.17. The highest BCUT2D eigenvalue weighted by Gasteiger charge is 2.19. The number of thiophene rings is 1. The van der Waals surface area contributed by atoms with Gasteiger partial charge < -0.3 is 19.6 Å². The maximum atomic E-state index is 12.6. The van der Waals surface area contributed by atoms with Gasteiger partial charge in [0.05, 0.1) is 17.0 Å². The molecule has 8 nitrogen and oxygen atoms in total. The van der Waals surface area contributed by atoms with Gasteiger partial charge in [-0.15, -0.1) is 11.3 Å². The number of amides is 2. The number of benzene rings is 1. The van der Waals surface area contributed by atoms with Crippen molar-refractivity contribution in [2.24, 2.45) is 0 Å². The molecule has 27 heavy (non-hydrogen) atoms. The highest BCUT2D eigenvalue weighted by atomic mass is 32.1. The van der Waals surface area contributed by atoms with E-state index in [1.807, 2.05) is 6.92 Å². The van der Waals surface area contributed by atoms with Gasteiger partial charge in [0.25, 0.3) is 0 Å². The van der Waals surface area contributed by atoms with Gasteiger partial charge in [-0.05, 0) is 25.1 Å². The molecule has 0 saturated heterocycles. The fourth-order valence-corrected chi connectivity index (χ4v) is 3.35. The molecule has 0 aliphatic carbocycles. The molecule has 0 bridgehead atoms. The number of carboxylic acids is 1. The van der Waals surface area contributed by atoms with E-state index in [2.05, 4.69) is 5.32 Å². The molecule has 0 aliphatic rings. The van der Waals surface area contributed by atoms with E-state index in [0.717, 1.165) is 11.3 Å². The molecule has 9 heteroatoms. The van der Waals surface area contributed by atoms with Gasteiger partial charge in [-0.1, -0.05) is 12.1 Å². The van der Waals surface area contributed by atoms with Crippen LogP contribution in [0.5, 0.6) is 5.75 Å². The van der Waals surface area contributed by atoms with Crippen molar-refractivity contribution < 1.29 is 23.8 Å². The SMILES string of the molecule is CCOc1ccccc1NC(=O)N(C)c1cc2oc(=O)c(C(=O)O)cc2s1. The van der Waals surface area contributed by atoms with E-state index < -0.39 is 23.2 Å². The molecule has 0 fully saturated rings. The van der Waals surface area contributed by atoms with Crippen molar-refractivity contribution in [3.05, 3.63) is 52.4 Å². The number of anilines is 2. The van der Waals surface area contributed by atoms with Gasteiger partial charge in [0, 0.05) is 13.1 Å². The third kappa shape index (κ3) is 3.77. The zero-order valence-electron chi connectivity index (χ0n) is 14.5. The average Bonchev–Trinajstić information content (AvgIpc) is 3.04. The number of carboxylic acid groups (broad SMARTS) is 1. The molecule has 0 saturated carbocycles. The number of ether oxygens (including phenoxy) is 1. The van der Waals surface area contributed by atoms with Crippen LogP contribution in [0.15, 0.2) is 45.6 Å². The first-order chi connectivity index (χ1) is 12.9. The Labute approximate surface area is 157 Å². The molecule has 2 heterocycles. The summed E-state index contributed by atoms with van der Waals surface area (Å²) < 4.78 is 11.0. The second kappa shape index (κ2) is 7.50. The molecule has 3 aromatic rings. The first kappa shape index (κ1) is 18.5. The maximum Gasteiger partial charge on any atom is 0.351 e. The van der Waals surface area contributed by atoms with E-state index in [9.17, 15) is 14.4 Å². The molecule has 0 unspecified atom stereocenters. The third-order valence-corrected chi connectivity index (χ3v) is 4.84. The Morgan fingerprint density at radius 2 is 2.04 bits per heavy atom. The number of hydrogen-bond acceptors (Lipinski definition) is 6. The van der Waals surface area contributed by atoms with Crippen LogP contribution >= 0.6 is 11.3 Å². The Morgan fingerprint density at radius 1 is 1.30 bits per heavy atom. The van der Waals surface area contributed by atoms with Crippen LogP contribution < -0.4 is 20.6 Å². The van der Waals surface area contributed by atoms with Gasteiger partial charge in [0.15, 0.2) is 5.58 Å². The normalized spacial score (nSPS) is 10.6.